The van der Waals surface area contributed by atoms with Crippen molar-refractivity contribution in [3.05, 3.63) is 0 Å². The van der Waals surface area contributed by atoms with Gasteiger partial charge in [0.2, 0.25) is 0 Å². The average molecular weight is 242 g/mol. The van der Waals surface area contributed by atoms with E-state index in [9.17, 15) is 0 Å². The fraction of sp³-hybridized carbons (Fsp3) is 1.00. The summed E-state index contributed by atoms with van der Waals surface area (Å²) in [5, 5.41) is 0. The molecular formula is C14H30N2O. The Morgan fingerprint density at radius 2 is 2.18 bits per heavy atom. The van der Waals surface area contributed by atoms with Crippen molar-refractivity contribution >= 4 is 0 Å². The summed E-state index contributed by atoms with van der Waals surface area (Å²) in [7, 11) is 2.20. The van der Waals surface area contributed by atoms with Gasteiger partial charge in [0.15, 0.2) is 0 Å². The van der Waals surface area contributed by atoms with E-state index in [1.165, 1.54) is 19.4 Å². The molecule has 1 atom stereocenters. The third kappa shape index (κ3) is 6.39. The summed E-state index contributed by atoms with van der Waals surface area (Å²) in [6, 6.07) is 0. The standard InChI is InChI=1S/C14H30N2O/c1-5-6-7-16-8-9-17-14(12-16)11-15(4)10-13(2)3/h13-14H,5-12H2,1-4H3/t14-/m1/s1. The molecule has 3 heteroatoms. The molecule has 0 amide bonds. The van der Waals surface area contributed by atoms with Crippen molar-refractivity contribution in [3.63, 3.8) is 0 Å². The van der Waals surface area contributed by atoms with Gasteiger partial charge in [-0.25, -0.2) is 0 Å². The number of rotatable bonds is 7. The van der Waals surface area contributed by atoms with Gasteiger partial charge < -0.3 is 9.64 Å². The van der Waals surface area contributed by atoms with Crippen molar-refractivity contribution in [3.8, 4) is 0 Å². The van der Waals surface area contributed by atoms with E-state index in [1.807, 2.05) is 0 Å². The van der Waals surface area contributed by atoms with E-state index in [0.717, 1.165) is 38.7 Å². The lowest BCUT2D eigenvalue weighted by Crippen LogP contribution is -2.47. The van der Waals surface area contributed by atoms with Gasteiger partial charge in [0.05, 0.1) is 12.7 Å². The molecule has 0 aromatic rings. The van der Waals surface area contributed by atoms with Gasteiger partial charge >= 0.3 is 0 Å². The van der Waals surface area contributed by atoms with E-state index in [2.05, 4.69) is 37.6 Å². The zero-order valence-corrected chi connectivity index (χ0v) is 12.1. The molecule has 0 aliphatic carbocycles. The first kappa shape index (κ1) is 14.9. The summed E-state index contributed by atoms with van der Waals surface area (Å²) in [4.78, 5) is 4.96. The Bertz CT molecular complexity index is 197. The molecule has 1 aliphatic rings. The van der Waals surface area contributed by atoms with Crippen LogP contribution in [-0.2, 0) is 4.74 Å². The fourth-order valence-electron chi connectivity index (χ4n) is 2.52. The lowest BCUT2D eigenvalue weighted by molar-refractivity contribution is -0.0415. The second-order valence-corrected chi connectivity index (χ2v) is 5.76. The second-order valence-electron chi connectivity index (χ2n) is 5.76. The van der Waals surface area contributed by atoms with Gasteiger partial charge in [-0.2, -0.15) is 0 Å². The number of unbranched alkanes of at least 4 members (excludes halogenated alkanes) is 1. The normalized spacial score (nSPS) is 22.6. The van der Waals surface area contributed by atoms with Crippen LogP contribution in [0.25, 0.3) is 0 Å². The Morgan fingerprint density at radius 3 is 2.82 bits per heavy atom. The predicted molar refractivity (Wildman–Crippen MR) is 73.4 cm³/mol. The highest BCUT2D eigenvalue weighted by Gasteiger charge is 2.21. The number of nitrogens with zero attached hydrogens (tertiary/aromatic N) is 2. The average Bonchev–Trinajstić information content (AvgIpc) is 2.25. The molecule has 17 heavy (non-hydrogen) atoms. The first-order valence-electron chi connectivity index (χ1n) is 7.14. The third-order valence-electron chi connectivity index (χ3n) is 3.24. The highest BCUT2D eigenvalue weighted by atomic mass is 16.5. The molecule has 0 bridgehead atoms. The van der Waals surface area contributed by atoms with Crippen molar-refractivity contribution in [2.24, 2.45) is 5.92 Å². The molecule has 0 aromatic heterocycles. The largest absolute Gasteiger partial charge is 0.374 e. The van der Waals surface area contributed by atoms with Crippen LogP contribution >= 0.6 is 0 Å². The van der Waals surface area contributed by atoms with Crippen molar-refractivity contribution in [1.29, 1.82) is 0 Å². The Labute approximate surface area is 107 Å². The fourth-order valence-corrected chi connectivity index (χ4v) is 2.52. The van der Waals surface area contributed by atoms with Gasteiger partial charge in [0.1, 0.15) is 0 Å². The van der Waals surface area contributed by atoms with Crippen LogP contribution in [0.1, 0.15) is 33.6 Å². The zero-order chi connectivity index (χ0) is 12.7. The number of morpholine rings is 1. The second kappa shape index (κ2) is 8.06. The van der Waals surface area contributed by atoms with Crippen LogP contribution in [-0.4, -0.2) is 62.3 Å². The van der Waals surface area contributed by atoms with Crippen LogP contribution < -0.4 is 0 Å². The first-order chi connectivity index (χ1) is 8.11. The molecule has 3 nitrogen and oxygen atoms in total. The summed E-state index contributed by atoms with van der Waals surface area (Å²) in [6.45, 7) is 13.4. The zero-order valence-electron chi connectivity index (χ0n) is 12.1. The van der Waals surface area contributed by atoms with E-state index >= 15 is 0 Å². The molecule has 1 aliphatic heterocycles. The van der Waals surface area contributed by atoms with Crippen molar-refractivity contribution in [1.82, 2.24) is 9.80 Å². The smallest absolute Gasteiger partial charge is 0.0829 e. The van der Waals surface area contributed by atoms with Gasteiger partial charge in [0, 0.05) is 26.2 Å². The van der Waals surface area contributed by atoms with Crippen LogP contribution in [0.4, 0.5) is 0 Å². The molecule has 0 N–H and O–H groups in total. The van der Waals surface area contributed by atoms with Gasteiger partial charge in [-0.1, -0.05) is 27.2 Å². The van der Waals surface area contributed by atoms with Crippen LogP contribution in [0.15, 0.2) is 0 Å². The highest BCUT2D eigenvalue weighted by Crippen LogP contribution is 2.08. The predicted octanol–water partition coefficient (Wildman–Crippen LogP) is 2.08. The topological polar surface area (TPSA) is 15.7 Å². The summed E-state index contributed by atoms with van der Waals surface area (Å²) in [6.07, 6.45) is 3.01. The lowest BCUT2D eigenvalue weighted by atomic mass is 10.2. The number of likely N-dealkylation sites (N-methyl/N-ethyl adjacent to an activating group) is 1. The molecular weight excluding hydrogens is 212 g/mol. The molecule has 0 saturated carbocycles. The number of hydrogen-bond acceptors (Lipinski definition) is 3. The van der Waals surface area contributed by atoms with E-state index < -0.39 is 0 Å². The molecule has 0 spiro atoms. The molecule has 0 unspecified atom stereocenters. The van der Waals surface area contributed by atoms with Crippen molar-refractivity contribution in [2.75, 3.05) is 46.4 Å². The minimum absolute atomic E-state index is 0.407. The Hall–Kier alpha value is -0.120. The Morgan fingerprint density at radius 1 is 1.41 bits per heavy atom. The number of ether oxygens (including phenoxy) is 1. The van der Waals surface area contributed by atoms with Crippen molar-refractivity contribution < 1.29 is 4.74 Å². The maximum Gasteiger partial charge on any atom is 0.0829 e. The minimum Gasteiger partial charge on any atom is -0.374 e. The summed E-state index contributed by atoms with van der Waals surface area (Å²) >= 11 is 0. The van der Waals surface area contributed by atoms with Gasteiger partial charge in [-0.05, 0) is 25.9 Å². The molecule has 1 rings (SSSR count). The first-order valence-corrected chi connectivity index (χ1v) is 7.14. The molecule has 102 valence electrons. The summed E-state index contributed by atoms with van der Waals surface area (Å²) in [5.41, 5.74) is 0. The molecule has 0 radical (unpaired) electrons. The molecule has 1 heterocycles. The summed E-state index contributed by atoms with van der Waals surface area (Å²) in [5.74, 6) is 0.736. The maximum absolute atomic E-state index is 5.86. The molecule has 0 aromatic carbocycles. The van der Waals surface area contributed by atoms with E-state index in [0.29, 0.717) is 6.10 Å². The van der Waals surface area contributed by atoms with E-state index in [1.54, 1.807) is 0 Å². The van der Waals surface area contributed by atoms with Crippen LogP contribution in [0, 0.1) is 5.92 Å². The Kier molecular flexibility index (Phi) is 7.09. The minimum atomic E-state index is 0.407. The van der Waals surface area contributed by atoms with Gasteiger partial charge in [-0.3, -0.25) is 4.90 Å². The molecule has 1 fully saturated rings. The third-order valence-corrected chi connectivity index (χ3v) is 3.24. The monoisotopic (exact) mass is 242 g/mol. The molecule has 1 saturated heterocycles. The van der Waals surface area contributed by atoms with Gasteiger partial charge in [-0.15, -0.1) is 0 Å². The van der Waals surface area contributed by atoms with E-state index in [4.69, 9.17) is 4.74 Å². The van der Waals surface area contributed by atoms with E-state index in [-0.39, 0.29) is 0 Å². The van der Waals surface area contributed by atoms with Crippen LogP contribution in [0.2, 0.25) is 0 Å². The van der Waals surface area contributed by atoms with Crippen molar-refractivity contribution in [2.45, 2.75) is 39.7 Å². The Balaban J connectivity index is 2.24. The SMILES string of the molecule is CCCCN1CCO[C@H](CN(C)CC(C)C)C1. The van der Waals surface area contributed by atoms with Crippen LogP contribution in [0.5, 0.6) is 0 Å². The highest BCUT2D eigenvalue weighted by molar-refractivity contribution is 4.74. The van der Waals surface area contributed by atoms with Crippen LogP contribution in [0.3, 0.4) is 0 Å². The maximum atomic E-state index is 5.86. The van der Waals surface area contributed by atoms with Gasteiger partial charge in [0.25, 0.3) is 0 Å². The summed E-state index contributed by atoms with van der Waals surface area (Å²) < 4.78 is 5.86. The number of hydrogen-bond donors (Lipinski definition) is 0. The quantitative estimate of drug-likeness (QED) is 0.680. The lowest BCUT2D eigenvalue weighted by Gasteiger charge is -2.35.